The minimum atomic E-state index is -0.516. The molecular formula is C22H23ClN2O4. The SMILES string of the molecule is CCOC(=O)CC(NC(=O)C1CC(=O)N(c2cccc(Cl)c2)C1)c1ccccc1. The number of ether oxygens (including phenoxy) is 1. The molecule has 1 heterocycles. The van der Waals surface area contributed by atoms with E-state index < -0.39 is 12.0 Å². The maximum atomic E-state index is 12.9. The Labute approximate surface area is 174 Å². The molecule has 0 aliphatic carbocycles. The normalized spacial score (nSPS) is 17.1. The van der Waals surface area contributed by atoms with Crippen LogP contribution >= 0.6 is 11.6 Å². The van der Waals surface area contributed by atoms with E-state index in [1.54, 1.807) is 36.1 Å². The van der Waals surface area contributed by atoms with Gasteiger partial charge in [0.1, 0.15) is 0 Å². The Balaban J connectivity index is 1.71. The summed E-state index contributed by atoms with van der Waals surface area (Å²) >= 11 is 6.02. The summed E-state index contributed by atoms with van der Waals surface area (Å²) in [6, 6.07) is 15.7. The van der Waals surface area contributed by atoms with Crippen LogP contribution in [0.5, 0.6) is 0 Å². The standard InChI is InChI=1S/C22H23ClN2O4/c1-2-29-21(27)13-19(15-7-4-3-5-8-15)24-22(28)16-11-20(26)25(14-16)18-10-6-9-17(23)12-18/h3-10,12,16,19H,2,11,13-14H2,1H3,(H,24,28). The van der Waals surface area contributed by atoms with Gasteiger partial charge in [-0.05, 0) is 30.7 Å². The number of amides is 2. The number of nitrogens with one attached hydrogen (secondary N) is 1. The van der Waals surface area contributed by atoms with Crippen LogP contribution in [0.3, 0.4) is 0 Å². The summed E-state index contributed by atoms with van der Waals surface area (Å²) in [5.41, 5.74) is 1.48. The Morgan fingerprint density at radius 2 is 1.97 bits per heavy atom. The highest BCUT2D eigenvalue weighted by atomic mass is 35.5. The van der Waals surface area contributed by atoms with E-state index in [1.807, 2.05) is 30.3 Å². The molecule has 6 nitrogen and oxygen atoms in total. The molecule has 0 radical (unpaired) electrons. The summed E-state index contributed by atoms with van der Waals surface area (Å²) < 4.78 is 5.04. The minimum Gasteiger partial charge on any atom is -0.466 e. The van der Waals surface area contributed by atoms with Crippen LogP contribution in [0.25, 0.3) is 0 Å². The van der Waals surface area contributed by atoms with Crippen molar-refractivity contribution in [1.29, 1.82) is 0 Å². The number of hydrogen-bond acceptors (Lipinski definition) is 4. The van der Waals surface area contributed by atoms with E-state index in [9.17, 15) is 14.4 Å². The Bertz CT molecular complexity index is 887. The number of esters is 1. The Hall–Kier alpha value is -2.86. The number of rotatable bonds is 7. The van der Waals surface area contributed by atoms with E-state index >= 15 is 0 Å². The van der Waals surface area contributed by atoms with Gasteiger partial charge in [-0.2, -0.15) is 0 Å². The van der Waals surface area contributed by atoms with E-state index in [2.05, 4.69) is 5.32 Å². The molecule has 1 N–H and O–H groups in total. The van der Waals surface area contributed by atoms with Gasteiger partial charge in [0, 0.05) is 23.7 Å². The first kappa shape index (κ1) is 20.9. The summed E-state index contributed by atoms with van der Waals surface area (Å²) in [4.78, 5) is 38.9. The Morgan fingerprint density at radius 1 is 1.21 bits per heavy atom. The molecular weight excluding hydrogens is 392 g/mol. The molecule has 0 saturated carbocycles. The molecule has 2 unspecified atom stereocenters. The number of carbonyl (C=O) groups excluding carboxylic acids is 3. The van der Waals surface area contributed by atoms with Crippen LogP contribution in [0.1, 0.15) is 31.4 Å². The lowest BCUT2D eigenvalue weighted by molar-refractivity contribution is -0.144. The largest absolute Gasteiger partial charge is 0.466 e. The van der Waals surface area contributed by atoms with E-state index in [0.717, 1.165) is 5.56 Å². The van der Waals surface area contributed by atoms with Gasteiger partial charge in [-0.15, -0.1) is 0 Å². The second kappa shape index (κ2) is 9.56. The van der Waals surface area contributed by atoms with E-state index in [-0.39, 0.29) is 43.8 Å². The number of hydrogen-bond donors (Lipinski definition) is 1. The number of benzene rings is 2. The van der Waals surface area contributed by atoms with Gasteiger partial charge < -0.3 is 15.0 Å². The lowest BCUT2D eigenvalue weighted by atomic mass is 10.0. The fourth-order valence-corrected chi connectivity index (χ4v) is 3.58. The van der Waals surface area contributed by atoms with Crippen molar-refractivity contribution in [3.8, 4) is 0 Å². The molecule has 3 rings (SSSR count). The van der Waals surface area contributed by atoms with Crippen molar-refractivity contribution in [2.24, 2.45) is 5.92 Å². The number of nitrogens with zero attached hydrogens (tertiary/aromatic N) is 1. The molecule has 1 aliphatic rings. The first-order valence-corrected chi connectivity index (χ1v) is 9.92. The maximum Gasteiger partial charge on any atom is 0.308 e. The Morgan fingerprint density at radius 3 is 2.66 bits per heavy atom. The second-order valence-electron chi connectivity index (χ2n) is 6.87. The van der Waals surface area contributed by atoms with Crippen LogP contribution in [-0.2, 0) is 19.1 Å². The van der Waals surface area contributed by atoms with Crippen molar-refractivity contribution < 1.29 is 19.1 Å². The number of halogens is 1. The lowest BCUT2D eigenvalue weighted by Gasteiger charge is -2.21. The highest BCUT2D eigenvalue weighted by Gasteiger charge is 2.36. The van der Waals surface area contributed by atoms with E-state index in [0.29, 0.717) is 10.7 Å². The monoisotopic (exact) mass is 414 g/mol. The zero-order valence-corrected chi connectivity index (χ0v) is 16.9. The predicted octanol–water partition coefficient (Wildman–Crippen LogP) is 3.50. The molecule has 1 fully saturated rings. The topological polar surface area (TPSA) is 75.7 Å². The third-order valence-corrected chi connectivity index (χ3v) is 5.05. The summed E-state index contributed by atoms with van der Waals surface area (Å²) in [7, 11) is 0. The minimum absolute atomic E-state index is 0.0300. The van der Waals surface area contributed by atoms with E-state index in [4.69, 9.17) is 16.3 Å². The molecule has 1 saturated heterocycles. The van der Waals surface area contributed by atoms with Crippen molar-refractivity contribution in [1.82, 2.24) is 5.32 Å². The average molecular weight is 415 g/mol. The highest BCUT2D eigenvalue weighted by molar-refractivity contribution is 6.31. The zero-order chi connectivity index (χ0) is 20.8. The van der Waals surface area contributed by atoms with Gasteiger partial charge in [0.2, 0.25) is 11.8 Å². The van der Waals surface area contributed by atoms with Crippen molar-refractivity contribution in [3.05, 3.63) is 65.2 Å². The second-order valence-corrected chi connectivity index (χ2v) is 7.30. The van der Waals surface area contributed by atoms with Crippen LogP contribution in [-0.4, -0.2) is 30.9 Å². The fourth-order valence-electron chi connectivity index (χ4n) is 3.39. The molecule has 0 bridgehead atoms. The van der Waals surface area contributed by atoms with Crippen LogP contribution < -0.4 is 10.2 Å². The summed E-state index contributed by atoms with van der Waals surface area (Å²) in [6.45, 7) is 2.29. The molecule has 29 heavy (non-hydrogen) atoms. The van der Waals surface area contributed by atoms with Crippen LogP contribution in [0.2, 0.25) is 5.02 Å². The highest BCUT2D eigenvalue weighted by Crippen LogP contribution is 2.28. The van der Waals surface area contributed by atoms with Gasteiger partial charge in [-0.1, -0.05) is 48.0 Å². The maximum absolute atomic E-state index is 12.9. The van der Waals surface area contributed by atoms with Gasteiger partial charge in [0.25, 0.3) is 0 Å². The molecule has 152 valence electrons. The van der Waals surface area contributed by atoms with Gasteiger partial charge in [0.15, 0.2) is 0 Å². The molecule has 1 aliphatic heterocycles. The summed E-state index contributed by atoms with van der Waals surface area (Å²) in [5, 5.41) is 3.45. The quantitative estimate of drug-likeness (QED) is 0.703. The smallest absolute Gasteiger partial charge is 0.308 e. The van der Waals surface area contributed by atoms with Gasteiger partial charge in [-0.25, -0.2) is 0 Å². The van der Waals surface area contributed by atoms with Gasteiger partial charge >= 0.3 is 5.97 Å². The summed E-state index contributed by atoms with van der Waals surface area (Å²) in [6.07, 6.45) is 0.140. The van der Waals surface area contributed by atoms with Gasteiger partial charge in [0.05, 0.1) is 25.0 Å². The van der Waals surface area contributed by atoms with Crippen molar-refractivity contribution in [2.45, 2.75) is 25.8 Å². The summed E-state index contributed by atoms with van der Waals surface area (Å²) in [5.74, 6) is -1.28. The van der Waals surface area contributed by atoms with Crippen LogP contribution in [0.15, 0.2) is 54.6 Å². The molecule has 2 amide bonds. The first-order chi connectivity index (χ1) is 14.0. The predicted molar refractivity (Wildman–Crippen MR) is 110 cm³/mol. The molecule has 7 heteroatoms. The molecule has 0 aromatic heterocycles. The van der Waals surface area contributed by atoms with Gasteiger partial charge in [-0.3, -0.25) is 14.4 Å². The van der Waals surface area contributed by atoms with Crippen LogP contribution in [0, 0.1) is 5.92 Å². The fraction of sp³-hybridized carbons (Fsp3) is 0.318. The zero-order valence-electron chi connectivity index (χ0n) is 16.1. The van der Waals surface area contributed by atoms with Crippen molar-refractivity contribution in [2.75, 3.05) is 18.1 Å². The van der Waals surface area contributed by atoms with Crippen molar-refractivity contribution in [3.63, 3.8) is 0 Å². The third-order valence-electron chi connectivity index (χ3n) is 4.81. The van der Waals surface area contributed by atoms with Crippen molar-refractivity contribution >= 4 is 35.1 Å². The first-order valence-electron chi connectivity index (χ1n) is 9.54. The third kappa shape index (κ3) is 5.35. The number of anilines is 1. The van der Waals surface area contributed by atoms with Crippen LogP contribution in [0.4, 0.5) is 5.69 Å². The number of carbonyl (C=O) groups is 3. The molecule has 0 spiro atoms. The Kier molecular flexibility index (Phi) is 6.88. The van der Waals surface area contributed by atoms with E-state index in [1.165, 1.54) is 0 Å². The lowest BCUT2D eigenvalue weighted by Crippen LogP contribution is -2.36. The average Bonchev–Trinajstić information content (AvgIpc) is 3.10. The molecule has 2 aromatic carbocycles. The molecule has 2 atom stereocenters. The molecule has 2 aromatic rings.